The van der Waals surface area contributed by atoms with Gasteiger partial charge in [0.15, 0.2) is 0 Å². The maximum Gasteiger partial charge on any atom is 0.265 e. The number of carbonyl (C=O) groups excluding carboxylic acids is 1. The van der Waals surface area contributed by atoms with Gasteiger partial charge in [-0.1, -0.05) is 42.5 Å². The Morgan fingerprint density at radius 3 is 2.31 bits per heavy atom. The van der Waals surface area contributed by atoms with E-state index in [1.807, 2.05) is 47.4 Å². The van der Waals surface area contributed by atoms with E-state index in [1.54, 1.807) is 24.3 Å². The SMILES string of the molecule is CC(C)N(C(=S)Oc1cccc(C(=O)Nc2cccc3ccccc23)c1)C(C)C. The molecule has 1 N–H and O–H groups in total. The molecule has 150 valence electrons. The summed E-state index contributed by atoms with van der Waals surface area (Å²) in [5.74, 6) is 0.356. The number of rotatable bonds is 5. The van der Waals surface area contributed by atoms with Crippen molar-refractivity contribution < 1.29 is 9.53 Å². The Morgan fingerprint density at radius 2 is 1.59 bits per heavy atom. The first-order chi connectivity index (χ1) is 13.9. The van der Waals surface area contributed by atoms with Gasteiger partial charge in [-0.05, 0) is 69.6 Å². The van der Waals surface area contributed by atoms with E-state index >= 15 is 0 Å². The van der Waals surface area contributed by atoms with Gasteiger partial charge in [0.25, 0.3) is 11.1 Å². The minimum absolute atomic E-state index is 0.192. The quantitative estimate of drug-likeness (QED) is 0.538. The fourth-order valence-corrected chi connectivity index (χ4v) is 3.92. The van der Waals surface area contributed by atoms with E-state index in [0.29, 0.717) is 16.5 Å². The molecule has 0 aliphatic carbocycles. The summed E-state index contributed by atoms with van der Waals surface area (Å²) in [5, 5.41) is 5.49. The molecular weight excluding hydrogens is 380 g/mol. The van der Waals surface area contributed by atoms with Crippen molar-refractivity contribution in [3.05, 3.63) is 72.3 Å². The van der Waals surface area contributed by atoms with Gasteiger partial charge in [0.2, 0.25) is 0 Å². The Labute approximate surface area is 177 Å². The molecule has 0 saturated heterocycles. The second-order valence-corrected chi connectivity index (χ2v) is 7.82. The molecule has 5 heteroatoms. The van der Waals surface area contributed by atoms with E-state index in [4.69, 9.17) is 17.0 Å². The van der Waals surface area contributed by atoms with E-state index in [0.717, 1.165) is 16.5 Å². The number of thiocarbonyl (C=S) groups is 1. The maximum absolute atomic E-state index is 12.8. The number of amides is 1. The highest BCUT2D eigenvalue weighted by Crippen LogP contribution is 2.24. The molecule has 0 saturated carbocycles. The highest BCUT2D eigenvalue weighted by atomic mass is 32.1. The monoisotopic (exact) mass is 406 g/mol. The van der Waals surface area contributed by atoms with Gasteiger partial charge in [-0.15, -0.1) is 0 Å². The molecule has 0 atom stereocenters. The van der Waals surface area contributed by atoms with Crippen molar-refractivity contribution in [2.45, 2.75) is 39.8 Å². The smallest absolute Gasteiger partial charge is 0.265 e. The first kappa shape index (κ1) is 20.8. The van der Waals surface area contributed by atoms with Crippen LogP contribution in [0.2, 0.25) is 0 Å². The lowest BCUT2D eigenvalue weighted by atomic mass is 10.1. The number of carbonyl (C=O) groups is 1. The van der Waals surface area contributed by atoms with Crippen molar-refractivity contribution in [2.75, 3.05) is 5.32 Å². The Bertz CT molecular complexity index is 1020. The lowest BCUT2D eigenvalue weighted by molar-refractivity contribution is 0.102. The lowest BCUT2D eigenvalue weighted by Crippen LogP contribution is -2.43. The van der Waals surface area contributed by atoms with E-state index in [2.05, 4.69) is 33.0 Å². The van der Waals surface area contributed by atoms with Crippen LogP contribution in [0.3, 0.4) is 0 Å². The van der Waals surface area contributed by atoms with Crippen LogP contribution in [-0.2, 0) is 0 Å². The predicted octanol–water partition coefficient (Wildman–Crippen LogP) is 5.87. The Hall–Kier alpha value is -2.92. The van der Waals surface area contributed by atoms with Crippen molar-refractivity contribution in [2.24, 2.45) is 0 Å². The third kappa shape index (κ3) is 4.93. The van der Waals surface area contributed by atoms with Crippen molar-refractivity contribution in [1.29, 1.82) is 0 Å². The molecule has 0 fully saturated rings. The van der Waals surface area contributed by atoms with Crippen LogP contribution in [0.15, 0.2) is 66.7 Å². The number of hydrogen-bond donors (Lipinski definition) is 1. The third-order valence-corrected chi connectivity index (χ3v) is 4.96. The topological polar surface area (TPSA) is 41.6 Å². The van der Waals surface area contributed by atoms with Crippen LogP contribution in [0.1, 0.15) is 38.1 Å². The number of nitrogens with zero attached hydrogens (tertiary/aromatic N) is 1. The summed E-state index contributed by atoms with van der Waals surface area (Å²) in [5.41, 5.74) is 1.29. The zero-order valence-electron chi connectivity index (χ0n) is 17.2. The van der Waals surface area contributed by atoms with E-state index < -0.39 is 0 Å². The highest BCUT2D eigenvalue weighted by Gasteiger charge is 2.19. The van der Waals surface area contributed by atoms with Gasteiger partial charge in [0.1, 0.15) is 5.75 Å². The van der Waals surface area contributed by atoms with Crippen LogP contribution in [0, 0.1) is 0 Å². The number of anilines is 1. The summed E-state index contributed by atoms with van der Waals surface area (Å²) in [6.45, 7) is 8.29. The molecule has 0 spiro atoms. The van der Waals surface area contributed by atoms with Crippen LogP contribution in [0.25, 0.3) is 10.8 Å². The summed E-state index contributed by atoms with van der Waals surface area (Å²) in [4.78, 5) is 14.9. The lowest BCUT2D eigenvalue weighted by Gasteiger charge is -2.32. The number of benzene rings is 3. The minimum Gasteiger partial charge on any atom is -0.432 e. The molecule has 0 bridgehead atoms. The van der Waals surface area contributed by atoms with Gasteiger partial charge < -0.3 is 15.0 Å². The second kappa shape index (κ2) is 9.05. The summed E-state index contributed by atoms with van der Waals surface area (Å²) >= 11 is 5.48. The molecule has 0 heterocycles. The van der Waals surface area contributed by atoms with Crippen LogP contribution in [-0.4, -0.2) is 28.1 Å². The second-order valence-electron chi connectivity index (χ2n) is 7.47. The van der Waals surface area contributed by atoms with Gasteiger partial charge in [-0.3, -0.25) is 4.79 Å². The predicted molar refractivity (Wildman–Crippen MR) is 124 cm³/mol. The molecule has 1 amide bonds. The van der Waals surface area contributed by atoms with Crippen LogP contribution in [0.4, 0.5) is 5.69 Å². The Kier molecular flexibility index (Phi) is 6.49. The minimum atomic E-state index is -0.192. The summed E-state index contributed by atoms with van der Waals surface area (Å²) in [6, 6.07) is 21.3. The van der Waals surface area contributed by atoms with Crippen LogP contribution in [0.5, 0.6) is 5.75 Å². The fourth-order valence-electron chi connectivity index (χ4n) is 3.40. The molecule has 3 rings (SSSR count). The maximum atomic E-state index is 12.8. The zero-order chi connectivity index (χ0) is 21.0. The average molecular weight is 407 g/mol. The van der Waals surface area contributed by atoms with Crippen molar-refractivity contribution in [3.8, 4) is 5.75 Å². The van der Waals surface area contributed by atoms with Gasteiger partial charge >= 0.3 is 0 Å². The normalized spacial score (nSPS) is 11.0. The van der Waals surface area contributed by atoms with Gasteiger partial charge in [-0.25, -0.2) is 0 Å². The van der Waals surface area contributed by atoms with Crippen molar-refractivity contribution in [1.82, 2.24) is 4.90 Å². The number of nitrogens with one attached hydrogen (secondary N) is 1. The number of ether oxygens (including phenoxy) is 1. The molecular formula is C24H26N2O2S. The fraction of sp³-hybridized carbons (Fsp3) is 0.250. The molecule has 0 unspecified atom stereocenters. The molecule has 0 aliphatic rings. The number of hydrogen-bond acceptors (Lipinski definition) is 3. The Balaban J connectivity index is 1.78. The molecule has 3 aromatic rings. The summed E-state index contributed by atoms with van der Waals surface area (Å²) in [7, 11) is 0. The van der Waals surface area contributed by atoms with Gasteiger partial charge in [0, 0.05) is 28.7 Å². The van der Waals surface area contributed by atoms with Crippen molar-refractivity contribution >= 4 is 39.8 Å². The average Bonchev–Trinajstić information content (AvgIpc) is 2.68. The number of fused-ring (bicyclic) bond motifs is 1. The molecule has 4 nitrogen and oxygen atoms in total. The Morgan fingerprint density at radius 1 is 0.931 bits per heavy atom. The van der Waals surface area contributed by atoms with E-state index in [9.17, 15) is 4.79 Å². The van der Waals surface area contributed by atoms with Gasteiger partial charge in [0.05, 0.1) is 0 Å². The molecule has 29 heavy (non-hydrogen) atoms. The first-order valence-electron chi connectivity index (χ1n) is 9.76. The third-order valence-electron chi connectivity index (χ3n) is 4.66. The molecule has 0 aliphatic heterocycles. The highest BCUT2D eigenvalue weighted by molar-refractivity contribution is 7.80. The van der Waals surface area contributed by atoms with E-state index in [1.165, 1.54) is 0 Å². The largest absolute Gasteiger partial charge is 0.432 e. The van der Waals surface area contributed by atoms with Crippen LogP contribution >= 0.6 is 12.2 Å². The zero-order valence-corrected chi connectivity index (χ0v) is 18.0. The standard InChI is InChI=1S/C24H26N2O2S/c1-16(2)26(17(3)4)24(29)28-20-12-7-11-19(15-20)23(27)25-22-14-8-10-18-9-5-6-13-21(18)22/h5-17H,1-4H3,(H,25,27). The van der Waals surface area contributed by atoms with Crippen molar-refractivity contribution in [3.63, 3.8) is 0 Å². The molecule has 0 radical (unpaired) electrons. The van der Waals surface area contributed by atoms with Crippen LogP contribution < -0.4 is 10.1 Å². The van der Waals surface area contributed by atoms with E-state index in [-0.39, 0.29) is 18.0 Å². The van der Waals surface area contributed by atoms with Gasteiger partial charge in [-0.2, -0.15) is 0 Å². The molecule has 3 aromatic carbocycles. The summed E-state index contributed by atoms with van der Waals surface area (Å²) < 4.78 is 5.89. The molecule has 0 aromatic heterocycles. The summed E-state index contributed by atoms with van der Waals surface area (Å²) in [6.07, 6.45) is 0. The first-order valence-corrected chi connectivity index (χ1v) is 10.2.